The van der Waals surface area contributed by atoms with E-state index in [0.29, 0.717) is 5.75 Å². The first-order chi connectivity index (χ1) is 11.8. The van der Waals surface area contributed by atoms with Crippen LogP contribution in [0.2, 0.25) is 0 Å². The largest absolute Gasteiger partial charge is 0.463 e. The fraction of sp³-hybridized carbons (Fsp3) is 0.353. The predicted octanol–water partition coefficient (Wildman–Crippen LogP) is 1.94. The number of carbonyl (C=O) groups is 2. The lowest BCUT2D eigenvalue weighted by Crippen LogP contribution is -2.42. The Balaban J connectivity index is 2.55. The Morgan fingerprint density at radius 1 is 1.48 bits per heavy atom. The molecule has 1 heterocycles. The van der Waals surface area contributed by atoms with Gasteiger partial charge in [0.2, 0.25) is 0 Å². The molecule has 25 heavy (non-hydrogen) atoms. The average molecular weight is 409 g/mol. The summed E-state index contributed by atoms with van der Waals surface area (Å²) in [4.78, 5) is 24.8. The molecule has 1 aliphatic heterocycles. The van der Waals surface area contributed by atoms with E-state index in [4.69, 9.17) is 19.9 Å². The van der Waals surface area contributed by atoms with Gasteiger partial charge < -0.3 is 14.2 Å². The summed E-state index contributed by atoms with van der Waals surface area (Å²) in [5.41, 5.74) is 6.28. The Hall–Kier alpha value is -2.37. The van der Waals surface area contributed by atoms with Crippen LogP contribution in [0.25, 0.3) is 0 Å². The Kier molecular flexibility index (Phi) is 5.82. The number of hydrogen-bond donors (Lipinski definition) is 1. The lowest BCUT2D eigenvalue weighted by molar-refractivity contribution is -0.148. The molecule has 2 rings (SSSR count). The maximum absolute atomic E-state index is 12.4. The van der Waals surface area contributed by atoms with Crippen LogP contribution in [0.3, 0.4) is 0 Å². The molecule has 0 fully saturated rings. The third-order valence-corrected chi connectivity index (χ3v) is 4.25. The molecule has 0 spiro atoms. The topological polar surface area (TPSA) is 112 Å². The number of carbonyl (C=O) groups excluding carboxylic acids is 2. The van der Waals surface area contributed by atoms with Crippen LogP contribution < -0.4 is 10.5 Å². The molecule has 8 heteroatoms. The number of halogens is 1. The van der Waals surface area contributed by atoms with Crippen molar-refractivity contribution in [3.8, 4) is 11.8 Å². The first kappa shape index (κ1) is 19.0. The number of esters is 2. The number of ether oxygens (including phenoxy) is 3. The van der Waals surface area contributed by atoms with Gasteiger partial charge in [0, 0.05) is 6.42 Å². The monoisotopic (exact) mass is 408 g/mol. The number of benzene rings is 1. The average Bonchev–Trinajstić information content (AvgIpc) is 2.59. The number of nitrogens with zero attached hydrogens (tertiary/aromatic N) is 1. The van der Waals surface area contributed by atoms with Crippen molar-refractivity contribution >= 4 is 27.9 Å². The zero-order valence-electron chi connectivity index (χ0n) is 13.7. The third-order valence-electron chi connectivity index (χ3n) is 3.39. The lowest BCUT2D eigenvalue weighted by atomic mass is 9.95. The van der Waals surface area contributed by atoms with Gasteiger partial charge >= 0.3 is 11.9 Å². The molecular formula is C17H17BrN2O5. The fourth-order valence-corrected chi connectivity index (χ4v) is 2.71. The van der Waals surface area contributed by atoms with Crippen molar-refractivity contribution in [2.24, 2.45) is 5.73 Å². The molecule has 1 aromatic carbocycles. The molecule has 0 saturated heterocycles. The van der Waals surface area contributed by atoms with Crippen LogP contribution in [0.4, 0.5) is 0 Å². The van der Waals surface area contributed by atoms with E-state index in [-0.39, 0.29) is 24.4 Å². The van der Waals surface area contributed by atoms with Crippen LogP contribution in [0, 0.1) is 11.3 Å². The number of nitriles is 1. The number of rotatable bonds is 5. The lowest BCUT2D eigenvalue weighted by Gasteiger charge is -2.28. The van der Waals surface area contributed by atoms with E-state index in [1.165, 1.54) is 6.92 Å². The summed E-state index contributed by atoms with van der Waals surface area (Å²) in [5, 5.41) is 9.59. The zero-order valence-corrected chi connectivity index (χ0v) is 15.3. The van der Waals surface area contributed by atoms with Crippen LogP contribution in [0.1, 0.15) is 19.4 Å². The van der Waals surface area contributed by atoms with E-state index in [1.54, 1.807) is 37.3 Å². The highest BCUT2D eigenvalue weighted by molar-refractivity contribution is 9.10. The van der Waals surface area contributed by atoms with Gasteiger partial charge in [0.15, 0.2) is 5.76 Å². The van der Waals surface area contributed by atoms with Crippen molar-refractivity contribution in [1.29, 1.82) is 5.26 Å². The minimum absolute atomic E-state index is 0.0700. The van der Waals surface area contributed by atoms with Gasteiger partial charge in [-0.05, 0) is 41.4 Å². The van der Waals surface area contributed by atoms with Gasteiger partial charge in [-0.15, -0.1) is 0 Å². The Labute approximate surface area is 153 Å². The highest BCUT2D eigenvalue weighted by atomic mass is 79.9. The SMILES string of the molecule is CCOC(=O)C1=C(C(Br)(C#N)C(=O)OC(C)N)Oc2ccccc2C1. The van der Waals surface area contributed by atoms with Gasteiger partial charge in [0.05, 0.1) is 12.2 Å². The molecule has 0 bridgehead atoms. The van der Waals surface area contributed by atoms with E-state index in [1.807, 2.05) is 0 Å². The Bertz CT molecular complexity index is 769. The predicted molar refractivity (Wildman–Crippen MR) is 91.4 cm³/mol. The zero-order chi connectivity index (χ0) is 18.6. The van der Waals surface area contributed by atoms with Crippen LogP contribution in [-0.4, -0.2) is 29.1 Å². The molecule has 2 atom stereocenters. The molecule has 0 amide bonds. The van der Waals surface area contributed by atoms with E-state index >= 15 is 0 Å². The second-order valence-corrected chi connectivity index (χ2v) is 6.48. The minimum Gasteiger partial charge on any atom is -0.463 e. The summed E-state index contributed by atoms with van der Waals surface area (Å²) in [6, 6.07) is 8.81. The highest BCUT2D eigenvalue weighted by Gasteiger charge is 2.49. The number of para-hydroxylation sites is 1. The van der Waals surface area contributed by atoms with Gasteiger partial charge in [-0.1, -0.05) is 18.2 Å². The van der Waals surface area contributed by atoms with Crippen LogP contribution in [0.5, 0.6) is 5.75 Å². The normalized spacial score (nSPS) is 16.6. The highest BCUT2D eigenvalue weighted by Crippen LogP contribution is 2.39. The van der Waals surface area contributed by atoms with Crippen molar-refractivity contribution in [2.75, 3.05) is 6.61 Å². The smallest absolute Gasteiger partial charge is 0.347 e. The minimum atomic E-state index is -2.02. The van der Waals surface area contributed by atoms with Crippen LogP contribution in [0.15, 0.2) is 35.6 Å². The molecule has 0 aliphatic carbocycles. The van der Waals surface area contributed by atoms with Crippen molar-refractivity contribution in [2.45, 2.75) is 30.8 Å². The summed E-state index contributed by atoms with van der Waals surface area (Å²) in [5.74, 6) is -1.36. The second-order valence-electron chi connectivity index (χ2n) is 5.30. The van der Waals surface area contributed by atoms with E-state index in [2.05, 4.69) is 15.9 Å². The molecule has 0 aromatic heterocycles. The Morgan fingerprint density at radius 3 is 2.76 bits per heavy atom. The van der Waals surface area contributed by atoms with E-state index in [9.17, 15) is 14.9 Å². The molecule has 2 N–H and O–H groups in total. The third kappa shape index (κ3) is 3.83. The molecule has 1 aliphatic rings. The first-order valence-electron chi connectivity index (χ1n) is 7.56. The fourth-order valence-electron chi connectivity index (χ4n) is 2.29. The first-order valence-corrected chi connectivity index (χ1v) is 8.36. The Morgan fingerprint density at radius 2 is 2.16 bits per heavy atom. The van der Waals surface area contributed by atoms with E-state index in [0.717, 1.165) is 5.56 Å². The number of alkyl halides is 1. The summed E-state index contributed by atoms with van der Waals surface area (Å²) in [6.07, 6.45) is -0.773. The molecule has 0 saturated carbocycles. The van der Waals surface area contributed by atoms with Crippen molar-refractivity contribution in [3.05, 3.63) is 41.2 Å². The molecule has 2 unspecified atom stereocenters. The van der Waals surface area contributed by atoms with E-state index < -0.39 is 22.5 Å². The summed E-state index contributed by atoms with van der Waals surface area (Å²) < 4.78 is 13.7. The van der Waals surface area contributed by atoms with Gasteiger partial charge in [-0.2, -0.15) is 5.26 Å². The van der Waals surface area contributed by atoms with Gasteiger partial charge in [-0.3, -0.25) is 5.73 Å². The summed E-state index contributed by atoms with van der Waals surface area (Å²) in [6.45, 7) is 3.25. The van der Waals surface area contributed by atoms with Crippen molar-refractivity contribution < 1.29 is 23.8 Å². The van der Waals surface area contributed by atoms with Crippen molar-refractivity contribution in [1.82, 2.24) is 0 Å². The van der Waals surface area contributed by atoms with Crippen molar-refractivity contribution in [3.63, 3.8) is 0 Å². The molecule has 0 radical (unpaired) electrons. The van der Waals surface area contributed by atoms with Gasteiger partial charge in [0.25, 0.3) is 4.32 Å². The maximum atomic E-state index is 12.4. The number of fused-ring (bicyclic) bond motifs is 1. The molecule has 7 nitrogen and oxygen atoms in total. The number of hydrogen-bond acceptors (Lipinski definition) is 7. The summed E-state index contributed by atoms with van der Waals surface area (Å²) in [7, 11) is 0. The number of nitrogens with two attached hydrogens (primary N) is 1. The van der Waals surface area contributed by atoms with Crippen LogP contribution >= 0.6 is 15.9 Å². The molecule has 1 aromatic rings. The second kappa shape index (κ2) is 7.68. The maximum Gasteiger partial charge on any atom is 0.347 e. The van der Waals surface area contributed by atoms with Gasteiger partial charge in [0.1, 0.15) is 18.0 Å². The molecule has 132 valence electrons. The molecular weight excluding hydrogens is 392 g/mol. The van der Waals surface area contributed by atoms with Gasteiger partial charge in [-0.25, -0.2) is 9.59 Å². The van der Waals surface area contributed by atoms with Crippen LogP contribution in [-0.2, 0) is 25.5 Å². The quantitative estimate of drug-likeness (QED) is 0.449. The summed E-state index contributed by atoms with van der Waals surface area (Å²) >= 11 is 3.07. The standard InChI is InChI=1S/C17H17BrN2O5/c1-3-23-15(21)12-8-11-6-4-5-7-13(11)25-14(12)17(18,9-19)16(22)24-10(2)20/h4-7,10H,3,8,20H2,1-2H3.